The number of nitrogens with zero attached hydrogens (tertiary/aromatic N) is 2. The molecule has 0 saturated heterocycles. The van der Waals surface area contributed by atoms with Crippen molar-refractivity contribution in [1.29, 1.82) is 0 Å². The fourth-order valence-corrected chi connectivity index (χ4v) is 4.89. The van der Waals surface area contributed by atoms with Gasteiger partial charge in [-0.05, 0) is 112 Å². The third-order valence-corrected chi connectivity index (χ3v) is 5.96. The number of hydrogen-bond donors (Lipinski definition) is 1. The smallest absolute Gasteiger partial charge is 0.271 e. The summed E-state index contributed by atoms with van der Waals surface area (Å²) in [7, 11) is 0. The summed E-state index contributed by atoms with van der Waals surface area (Å²) < 4.78 is 13.0. The van der Waals surface area contributed by atoms with E-state index in [9.17, 15) is 14.9 Å². The number of nitro benzene ring substituents is 1. The molecule has 0 aliphatic carbocycles. The number of rotatable bonds is 9. The van der Waals surface area contributed by atoms with E-state index in [-0.39, 0.29) is 18.2 Å². The summed E-state index contributed by atoms with van der Waals surface area (Å²) in [6.45, 7) is 2.75. The van der Waals surface area contributed by atoms with E-state index in [1.807, 2.05) is 19.1 Å². The molecule has 0 radical (unpaired) electrons. The first-order valence-corrected chi connectivity index (χ1v) is 11.9. The van der Waals surface area contributed by atoms with Crippen LogP contribution in [0.2, 0.25) is 0 Å². The van der Waals surface area contributed by atoms with E-state index in [4.69, 9.17) is 9.47 Å². The molecule has 3 aromatic rings. The highest BCUT2D eigenvalue weighted by Gasteiger charge is 2.10. The Balaban J connectivity index is 1.60. The molecule has 33 heavy (non-hydrogen) atoms. The summed E-state index contributed by atoms with van der Waals surface area (Å²) >= 11 is 4.35. The van der Waals surface area contributed by atoms with E-state index in [0.29, 0.717) is 23.7 Å². The van der Waals surface area contributed by atoms with Crippen LogP contribution < -0.4 is 14.9 Å². The Bertz CT molecular complexity index is 1140. The number of nitrogens with one attached hydrogen (secondary N) is 1. The molecule has 0 fully saturated rings. The predicted molar refractivity (Wildman–Crippen MR) is 142 cm³/mol. The van der Waals surface area contributed by atoms with Gasteiger partial charge in [0.25, 0.3) is 11.6 Å². The van der Waals surface area contributed by atoms with Crippen molar-refractivity contribution in [1.82, 2.24) is 5.43 Å². The Morgan fingerprint density at radius 3 is 2.27 bits per heavy atom. The lowest BCUT2D eigenvalue weighted by Crippen LogP contribution is -2.17. The minimum Gasteiger partial charge on any atom is -0.494 e. The van der Waals surface area contributed by atoms with Crippen LogP contribution in [0.3, 0.4) is 0 Å². The molecule has 8 nitrogen and oxygen atoms in total. The van der Waals surface area contributed by atoms with E-state index in [1.54, 1.807) is 42.6 Å². The SMILES string of the molecule is CCOc1ccc(C(=O)N/N=C\c2cc(I)c(OCc3ccc([N+](=O)[O-])cc3)c(I)c2)cc1. The van der Waals surface area contributed by atoms with E-state index < -0.39 is 4.92 Å². The van der Waals surface area contributed by atoms with Gasteiger partial charge in [0.05, 0.1) is 24.9 Å². The fraction of sp³-hybridized carbons (Fsp3) is 0.130. The van der Waals surface area contributed by atoms with Gasteiger partial charge in [0.1, 0.15) is 18.1 Å². The van der Waals surface area contributed by atoms with Gasteiger partial charge in [-0.15, -0.1) is 0 Å². The first kappa shape index (κ1) is 24.9. The lowest BCUT2D eigenvalue weighted by molar-refractivity contribution is -0.384. The normalized spacial score (nSPS) is 10.8. The zero-order chi connectivity index (χ0) is 23.8. The topological polar surface area (TPSA) is 103 Å². The Hall–Kier alpha value is -2.74. The standard InChI is InChI=1S/C23H19I2N3O5/c1-2-32-19-9-5-17(6-10-19)23(29)27-26-13-16-11-20(24)22(21(25)12-16)33-14-15-3-7-18(8-4-15)28(30)31/h3-13H,2,14H2,1H3,(H,27,29)/b26-13-. The van der Waals surface area contributed by atoms with Crippen LogP contribution in [0.15, 0.2) is 65.8 Å². The van der Waals surface area contributed by atoms with Crippen molar-refractivity contribution in [2.24, 2.45) is 5.10 Å². The second kappa shape index (κ2) is 11.9. The van der Waals surface area contributed by atoms with E-state index in [1.165, 1.54) is 12.1 Å². The third kappa shape index (κ3) is 7.12. The molecule has 3 rings (SSSR count). The summed E-state index contributed by atoms with van der Waals surface area (Å²) in [6.07, 6.45) is 1.57. The molecule has 0 bridgehead atoms. The van der Waals surface area contributed by atoms with Crippen LogP contribution in [0.25, 0.3) is 0 Å². The van der Waals surface area contributed by atoms with Crippen molar-refractivity contribution in [3.8, 4) is 11.5 Å². The van der Waals surface area contributed by atoms with Crippen LogP contribution in [0.5, 0.6) is 11.5 Å². The van der Waals surface area contributed by atoms with Crippen molar-refractivity contribution in [3.05, 3.63) is 94.6 Å². The molecule has 0 atom stereocenters. The van der Waals surface area contributed by atoms with E-state index in [0.717, 1.165) is 18.3 Å². The third-order valence-electron chi connectivity index (χ3n) is 4.36. The Morgan fingerprint density at radius 1 is 1.06 bits per heavy atom. The maximum absolute atomic E-state index is 12.2. The molecule has 3 aromatic carbocycles. The van der Waals surface area contributed by atoms with Crippen LogP contribution in [0.1, 0.15) is 28.4 Å². The first-order valence-electron chi connectivity index (χ1n) is 9.79. The number of benzene rings is 3. The number of non-ortho nitro benzene ring substituents is 1. The van der Waals surface area contributed by atoms with Crippen LogP contribution in [0, 0.1) is 17.3 Å². The number of hydrogen-bond acceptors (Lipinski definition) is 6. The van der Waals surface area contributed by atoms with Gasteiger partial charge in [-0.3, -0.25) is 14.9 Å². The Morgan fingerprint density at radius 2 is 1.70 bits per heavy atom. The monoisotopic (exact) mass is 671 g/mol. The second-order valence-corrected chi connectivity index (χ2v) is 9.01. The van der Waals surface area contributed by atoms with Gasteiger partial charge in [-0.2, -0.15) is 5.10 Å². The quantitative estimate of drug-likeness (QED) is 0.139. The highest BCUT2D eigenvalue weighted by Crippen LogP contribution is 2.29. The zero-order valence-electron chi connectivity index (χ0n) is 17.5. The molecule has 0 saturated carbocycles. The number of carbonyl (C=O) groups excluding carboxylic acids is 1. The molecule has 0 aromatic heterocycles. The van der Waals surface area contributed by atoms with Crippen molar-refractivity contribution in [2.45, 2.75) is 13.5 Å². The molecule has 0 aliphatic rings. The van der Waals surface area contributed by atoms with Crippen LogP contribution in [-0.4, -0.2) is 23.7 Å². The van der Waals surface area contributed by atoms with Gasteiger partial charge >= 0.3 is 0 Å². The van der Waals surface area contributed by atoms with Crippen molar-refractivity contribution >= 4 is 63.0 Å². The Kier molecular flexibility index (Phi) is 9.00. The number of nitro groups is 1. The molecule has 10 heteroatoms. The van der Waals surface area contributed by atoms with Crippen LogP contribution >= 0.6 is 45.2 Å². The highest BCUT2D eigenvalue weighted by atomic mass is 127. The lowest BCUT2D eigenvalue weighted by Gasteiger charge is -2.11. The van der Waals surface area contributed by atoms with Crippen LogP contribution in [-0.2, 0) is 6.61 Å². The summed E-state index contributed by atoms with van der Waals surface area (Å²) in [5, 5.41) is 14.8. The van der Waals surface area contributed by atoms with E-state index in [2.05, 4.69) is 55.7 Å². The van der Waals surface area contributed by atoms with Crippen molar-refractivity contribution < 1.29 is 19.2 Å². The number of halogens is 2. The van der Waals surface area contributed by atoms with Gasteiger partial charge < -0.3 is 9.47 Å². The molecule has 0 aliphatic heterocycles. The maximum atomic E-state index is 12.2. The second-order valence-electron chi connectivity index (χ2n) is 6.68. The van der Waals surface area contributed by atoms with Gasteiger partial charge in [0.2, 0.25) is 0 Å². The minimum absolute atomic E-state index is 0.0427. The number of amides is 1. The van der Waals surface area contributed by atoms with Gasteiger partial charge in [-0.25, -0.2) is 5.43 Å². The predicted octanol–water partition coefficient (Wildman–Crippen LogP) is 5.55. The number of hydrazone groups is 1. The largest absolute Gasteiger partial charge is 0.494 e. The molecular formula is C23H19I2N3O5. The molecule has 0 unspecified atom stereocenters. The summed E-state index contributed by atoms with van der Waals surface area (Å²) in [5.74, 6) is 1.10. The molecule has 0 spiro atoms. The molecule has 170 valence electrons. The van der Waals surface area contributed by atoms with Crippen molar-refractivity contribution in [2.75, 3.05) is 6.61 Å². The average molecular weight is 671 g/mol. The summed E-state index contributed by atoms with van der Waals surface area (Å²) in [5.41, 5.74) is 4.67. The van der Waals surface area contributed by atoms with Gasteiger partial charge in [0, 0.05) is 17.7 Å². The molecule has 1 N–H and O–H groups in total. The van der Waals surface area contributed by atoms with Gasteiger partial charge in [0.15, 0.2) is 0 Å². The van der Waals surface area contributed by atoms with Crippen molar-refractivity contribution in [3.63, 3.8) is 0 Å². The van der Waals surface area contributed by atoms with Crippen LogP contribution in [0.4, 0.5) is 5.69 Å². The Labute approximate surface area is 217 Å². The summed E-state index contributed by atoms with van der Waals surface area (Å²) in [6, 6.07) is 16.9. The molecular weight excluding hydrogens is 652 g/mol. The zero-order valence-corrected chi connectivity index (χ0v) is 21.8. The lowest BCUT2D eigenvalue weighted by atomic mass is 10.2. The van der Waals surface area contributed by atoms with Gasteiger partial charge in [-0.1, -0.05) is 0 Å². The maximum Gasteiger partial charge on any atom is 0.271 e. The average Bonchev–Trinajstić information content (AvgIpc) is 2.79. The fourth-order valence-electron chi connectivity index (χ4n) is 2.76. The number of carbonyl (C=O) groups is 1. The number of ether oxygens (including phenoxy) is 2. The minimum atomic E-state index is -0.433. The highest BCUT2D eigenvalue weighted by molar-refractivity contribution is 14.1. The first-order chi connectivity index (χ1) is 15.9. The van der Waals surface area contributed by atoms with E-state index >= 15 is 0 Å². The molecule has 1 amide bonds. The molecule has 0 heterocycles. The summed E-state index contributed by atoms with van der Waals surface area (Å²) in [4.78, 5) is 22.6.